The van der Waals surface area contributed by atoms with Crippen molar-refractivity contribution in [2.45, 2.75) is 6.04 Å². The summed E-state index contributed by atoms with van der Waals surface area (Å²) in [6.45, 7) is 2.83. The molecule has 0 spiro atoms. The molecule has 2 aromatic carbocycles. The number of nitrogens with zero attached hydrogens (tertiary/aromatic N) is 2. The fourth-order valence-corrected chi connectivity index (χ4v) is 4.30. The van der Waals surface area contributed by atoms with E-state index in [1.165, 1.54) is 18.3 Å². The third kappa shape index (κ3) is 2.50. The van der Waals surface area contributed by atoms with Crippen LogP contribution in [0.15, 0.2) is 30.5 Å². The van der Waals surface area contributed by atoms with E-state index >= 15 is 4.39 Å². The summed E-state index contributed by atoms with van der Waals surface area (Å²) in [6.07, 6.45) is 1.48. The fraction of sp³-hybridized carbons (Fsp3) is 0.250. The Morgan fingerprint density at radius 3 is 2.96 bits per heavy atom. The van der Waals surface area contributed by atoms with Crippen LogP contribution in [0.5, 0.6) is 11.5 Å². The number of aromatic nitrogens is 1. The van der Waals surface area contributed by atoms with Gasteiger partial charge in [0.25, 0.3) is 0 Å². The van der Waals surface area contributed by atoms with E-state index in [9.17, 15) is 9.50 Å². The number of phenolic OH excluding ortho intramolecular Hbond substituents is 1. The van der Waals surface area contributed by atoms with Crippen LogP contribution in [0, 0.1) is 11.6 Å². The summed E-state index contributed by atoms with van der Waals surface area (Å²) < 4.78 is 35.6. The summed E-state index contributed by atoms with van der Waals surface area (Å²) in [7, 11) is 0. The molecule has 2 N–H and O–H groups in total. The molecule has 0 bridgehead atoms. The number of anilines is 1. The lowest BCUT2D eigenvalue weighted by atomic mass is 9.99. The van der Waals surface area contributed by atoms with Crippen molar-refractivity contribution < 1.29 is 18.6 Å². The molecule has 1 aromatic heterocycles. The minimum Gasteiger partial charge on any atom is -0.507 e. The van der Waals surface area contributed by atoms with E-state index in [4.69, 9.17) is 16.3 Å². The van der Waals surface area contributed by atoms with Gasteiger partial charge in [0.1, 0.15) is 23.7 Å². The first-order chi connectivity index (χ1) is 13.6. The molecule has 0 amide bonds. The van der Waals surface area contributed by atoms with Gasteiger partial charge in [-0.05, 0) is 18.2 Å². The predicted octanol–water partition coefficient (Wildman–Crippen LogP) is 3.71. The lowest BCUT2D eigenvalue weighted by molar-refractivity contribution is 0.247. The second kappa shape index (κ2) is 6.46. The first-order valence-electron chi connectivity index (χ1n) is 8.95. The van der Waals surface area contributed by atoms with E-state index < -0.39 is 11.6 Å². The van der Waals surface area contributed by atoms with Crippen LogP contribution >= 0.6 is 11.6 Å². The van der Waals surface area contributed by atoms with Gasteiger partial charge in [0.15, 0.2) is 11.6 Å². The second-order valence-corrected chi connectivity index (χ2v) is 7.32. The van der Waals surface area contributed by atoms with E-state index in [2.05, 4.69) is 15.2 Å². The number of hydrogen-bond acceptors (Lipinski definition) is 5. The number of phenols is 1. The summed E-state index contributed by atoms with van der Waals surface area (Å²) in [4.78, 5) is 6.39. The molecule has 8 heteroatoms. The molecule has 3 aromatic rings. The maximum absolute atomic E-state index is 15.5. The minimum absolute atomic E-state index is 0.00198. The van der Waals surface area contributed by atoms with Crippen LogP contribution in [0.25, 0.3) is 22.0 Å². The van der Waals surface area contributed by atoms with Gasteiger partial charge in [-0.1, -0.05) is 17.7 Å². The Bertz CT molecular complexity index is 1090. The quantitative estimate of drug-likeness (QED) is 0.648. The fourth-order valence-electron chi connectivity index (χ4n) is 4.01. The Labute approximate surface area is 164 Å². The molecule has 1 saturated heterocycles. The smallest absolute Gasteiger partial charge is 0.161 e. The molecule has 5 rings (SSSR count). The van der Waals surface area contributed by atoms with Crippen LogP contribution in [0.1, 0.15) is 0 Å². The molecule has 28 heavy (non-hydrogen) atoms. The zero-order valence-electron chi connectivity index (χ0n) is 14.7. The largest absolute Gasteiger partial charge is 0.507 e. The van der Waals surface area contributed by atoms with Crippen molar-refractivity contribution >= 4 is 28.2 Å². The Morgan fingerprint density at radius 1 is 1.29 bits per heavy atom. The highest BCUT2D eigenvalue weighted by atomic mass is 35.5. The SMILES string of the molecule is Oc1cccc(F)c1-c1c(Cl)cc2c3c(cnc2c1F)OC[C@H]1CNCCN31. The number of pyridine rings is 1. The zero-order valence-corrected chi connectivity index (χ0v) is 15.4. The van der Waals surface area contributed by atoms with Gasteiger partial charge in [-0.3, -0.25) is 0 Å². The van der Waals surface area contributed by atoms with Gasteiger partial charge >= 0.3 is 0 Å². The van der Waals surface area contributed by atoms with Crippen molar-refractivity contribution in [1.82, 2.24) is 10.3 Å². The number of hydrogen-bond donors (Lipinski definition) is 2. The lowest BCUT2D eigenvalue weighted by Gasteiger charge is -2.42. The van der Waals surface area contributed by atoms with Gasteiger partial charge in [0.05, 0.1) is 28.5 Å². The van der Waals surface area contributed by atoms with Gasteiger partial charge in [-0.2, -0.15) is 0 Å². The number of rotatable bonds is 1. The van der Waals surface area contributed by atoms with E-state index in [0.717, 1.165) is 31.4 Å². The maximum atomic E-state index is 15.5. The average Bonchev–Trinajstić information content (AvgIpc) is 2.69. The Hall–Kier alpha value is -2.64. The highest BCUT2D eigenvalue weighted by molar-refractivity contribution is 6.34. The molecule has 0 unspecified atom stereocenters. The second-order valence-electron chi connectivity index (χ2n) is 6.91. The van der Waals surface area contributed by atoms with E-state index in [0.29, 0.717) is 17.7 Å². The van der Waals surface area contributed by atoms with Crippen LogP contribution in [-0.2, 0) is 0 Å². The van der Waals surface area contributed by atoms with Crippen LogP contribution in [-0.4, -0.2) is 42.4 Å². The van der Waals surface area contributed by atoms with Crippen molar-refractivity contribution in [3.05, 3.63) is 47.1 Å². The molecular formula is C20H16ClF2N3O2. The van der Waals surface area contributed by atoms with Crippen LogP contribution in [0.2, 0.25) is 5.02 Å². The van der Waals surface area contributed by atoms with Crippen LogP contribution in [0.4, 0.5) is 14.5 Å². The minimum atomic E-state index is -0.775. The first-order valence-corrected chi connectivity index (χ1v) is 9.32. The molecule has 5 nitrogen and oxygen atoms in total. The summed E-state index contributed by atoms with van der Waals surface area (Å²) in [5.41, 5.74) is 0.324. The van der Waals surface area contributed by atoms with Gasteiger partial charge in [-0.25, -0.2) is 13.8 Å². The highest BCUT2D eigenvalue weighted by Gasteiger charge is 2.33. The van der Waals surface area contributed by atoms with Crippen LogP contribution < -0.4 is 15.0 Å². The first kappa shape index (κ1) is 17.5. The Morgan fingerprint density at radius 2 is 2.14 bits per heavy atom. The van der Waals surface area contributed by atoms with Crippen molar-refractivity contribution in [3.8, 4) is 22.6 Å². The zero-order chi connectivity index (χ0) is 19.4. The van der Waals surface area contributed by atoms with E-state index in [-0.39, 0.29) is 33.5 Å². The summed E-state index contributed by atoms with van der Waals surface area (Å²) >= 11 is 6.39. The lowest BCUT2D eigenvalue weighted by Crippen LogP contribution is -2.55. The van der Waals surface area contributed by atoms with Crippen LogP contribution in [0.3, 0.4) is 0 Å². The number of aromatic hydroxyl groups is 1. The van der Waals surface area contributed by atoms with Gasteiger partial charge in [0, 0.05) is 30.6 Å². The summed E-state index contributed by atoms with van der Waals surface area (Å²) in [5.74, 6) is -1.35. The molecular weight excluding hydrogens is 388 g/mol. The monoisotopic (exact) mass is 403 g/mol. The summed E-state index contributed by atoms with van der Waals surface area (Å²) in [5, 5.41) is 13.9. The number of halogens is 3. The molecule has 2 aliphatic heterocycles. The molecule has 3 heterocycles. The van der Waals surface area contributed by atoms with E-state index in [1.807, 2.05) is 0 Å². The molecule has 144 valence electrons. The van der Waals surface area contributed by atoms with Crippen molar-refractivity contribution in [3.63, 3.8) is 0 Å². The topological polar surface area (TPSA) is 57.6 Å². The average molecular weight is 404 g/mol. The van der Waals surface area contributed by atoms with E-state index in [1.54, 1.807) is 6.07 Å². The molecule has 1 atom stereocenters. The Kier molecular flexibility index (Phi) is 4.03. The van der Waals surface area contributed by atoms with Gasteiger partial charge in [0.2, 0.25) is 0 Å². The molecule has 0 aliphatic carbocycles. The highest BCUT2D eigenvalue weighted by Crippen LogP contribution is 2.45. The predicted molar refractivity (Wildman–Crippen MR) is 103 cm³/mol. The normalized spacial score (nSPS) is 18.5. The molecule has 0 radical (unpaired) electrons. The van der Waals surface area contributed by atoms with Crippen molar-refractivity contribution in [2.24, 2.45) is 0 Å². The Balaban J connectivity index is 1.78. The maximum Gasteiger partial charge on any atom is 0.161 e. The third-order valence-corrected chi connectivity index (χ3v) is 5.60. The van der Waals surface area contributed by atoms with Crippen molar-refractivity contribution in [1.29, 1.82) is 0 Å². The van der Waals surface area contributed by atoms with Crippen molar-refractivity contribution in [2.75, 3.05) is 31.1 Å². The number of ether oxygens (including phenoxy) is 1. The molecule has 2 aliphatic rings. The molecule has 0 saturated carbocycles. The summed E-state index contributed by atoms with van der Waals surface area (Å²) in [6, 6.07) is 5.48. The number of benzene rings is 2. The standard InChI is InChI=1S/C20H16ClF2N3O2/c21-12-6-11-19(18(23)16(12)17-13(22)2-1-3-14(17)27)25-8-15-20(11)26-5-4-24-7-10(26)9-28-15/h1-3,6,8,10,24,27H,4-5,7,9H2/t10-/m1/s1. The van der Waals surface area contributed by atoms with Gasteiger partial charge in [-0.15, -0.1) is 0 Å². The van der Waals surface area contributed by atoms with Gasteiger partial charge < -0.3 is 20.1 Å². The number of piperazine rings is 1. The number of fused-ring (bicyclic) bond motifs is 5. The third-order valence-electron chi connectivity index (χ3n) is 5.30. The number of nitrogens with one attached hydrogen (secondary N) is 1. The molecule has 1 fully saturated rings.